The summed E-state index contributed by atoms with van der Waals surface area (Å²) in [6.07, 6.45) is 2.00. The van der Waals surface area contributed by atoms with Gasteiger partial charge in [-0.2, -0.15) is 0 Å². The molecular formula is C20H22FN3O4. The number of halogens is 1. The van der Waals surface area contributed by atoms with Gasteiger partial charge in [-0.05, 0) is 31.5 Å². The summed E-state index contributed by atoms with van der Waals surface area (Å²) in [5.41, 5.74) is 0.426. The number of nitrogens with one attached hydrogen (secondary N) is 1. The molecule has 0 saturated carbocycles. The second kappa shape index (κ2) is 8.69. The maximum atomic E-state index is 13.9. The van der Waals surface area contributed by atoms with Crippen molar-refractivity contribution in [3.63, 3.8) is 0 Å². The van der Waals surface area contributed by atoms with Gasteiger partial charge < -0.3 is 19.5 Å². The SMILES string of the molecule is Cc1occc1C(=O)NCC(=O)N1CCCN(C(=O)c2ccccc2F)CC1. The molecule has 2 heterocycles. The number of rotatable bonds is 4. The number of hydrogen-bond donors (Lipinski definition) is 1. The Morgan fingerprint density at radius 3 is 2.46 bits per heavy atom. The van der Waals surface area contributed by atoms with Crippen molar-refractivity contribution in [3.8, 4) is 0 Å². The van der Waals surface area contributed by atoms with Crippen LogP contribution in [-0.2, 0) is 4.79 Å². The van der Waals surface area contributed by atoms with Crippen molar-refractivity contribution >= 4 is 17.7 Å². The first-order valence-electron chi connectivity index (χ1n) is 9.11. The summed E-state index contributed by atoms with van der Waals surface area (Å²) >= 11 is 0. The van der Waals surface area contributed by atoms with E-state index in [0.29, 0.717) is 43.9 Å². The predicted molar refractivity (Wildman–Crippen MR) is 99.3 cm³/mol. The molecular weight excluding hydrogens is 365 g/mol. The number of furan rings is 1. The minimum atomic E-state index is -0.554. The number of nitrogens with zero attached hydrogens (tertiary/aromatic N) is 2. The van der Waals surface area contributed by atoms with Crippen molar-refractivity contribution in [1.29, 1.82) is 0 Å². The van der Waals surface area contributed by atoms with Crippen LogP contribution < -0.4 is 5.32 Å². The second-order valence-corrected chi connectivity index (χ2v) is 6.58. The van der Waals surface area contributed by atoms with Crippen molar-refractivity contribution in [1.82, 2.24) is 15.1 Å². The lowest BCUT2D eigenvalue weighted by atomic mass is 10.2. The maximum absolute atomic E-state index is 13.9. The minimum Gasteiger partial charge on any atom is -0.469 e. The van der Waals surface area contributed by atoms with E-state index in [1.807, 2.05) is 0 Å². The summed E-state index contributed by atoms with van der Waals surface area (Å²) in [7, 11) is 0. The Morgan fingerprint density at radius 1 is 1.04 bits per heavy atom. The molecule has 0 radical (unpaired) electrons. The van der Waals surface area contributed by atoms with Gasteiger partial charge in [-0.3, -0.25) is 14.4 Å². The highest BCUT2D eigenvalue weighted by Crippen LogP contribution is 2.13. The van der Waals surface area contributed by atoms with E-state index in [2.05, 4.69) is 5.32 Å². The van der Waals surface area contributed by atoms with E-state index >= 15 is 0 Å². The van der Waals surface area contributed by atoms with E-state index in [1.54, 1.807) is 28.9 Å². The summed E-state index contributed by atoms with van der Waals surface area (Å²) in [5, 5.41) is 2.59. The molecule has 0 unspecified atom stereocenters. The van der Waals surface area contributed by atoms with Gasteiger partial charge in [0.2, 0.25) is 5.91 Å². The van der Waals surface area contributed by atoms with Gasteiger partial charge in [-0.1, -0.05) is 12.1 Å². The molecule has 0 aliphatic carbocycles. The standard InChI is InChI=1S/C20H22FN3O4/c1-14-15(7-12-28-14)19(26)22-13-18(25)23-8-4-9-24(11-10-23)20(27)16-5-2-3-6-17(16)21/h2-3,5-7,12H,4,8-11,13H2,1H3,(H,22,26). The third-order valence-corrected chi connectivity index (χ3v) is 4.74. The van der Waals surface area contributed by atoms with Gasteiger partial charge in [0.1, 0.15) is 11.6 Å². The van der Waals surface area contributed by atoms with Crippen LogP contribution in [0.3, 0.4) is 0 Å². The van der Waals surface area contributed by atoms with Gasteiger partial charge in [0.05, 0.1) is 23.9 Å². The zero-order chi connectivity index (χ0) is 20.1. The Balaban J connectivity index is 1.54. The fourth-order valence-electron chi connectivity index (χ4n) is 3.16. The Morgan fingerprint density at radius 2 is 1.75 bits per heavy atom. The molecule has 148 valence electrons. The average Bonchev–Trinajstić information content (AvgIpc) is 2.97. The van der Waals surface area contributed by atoms with E-state index in [-0.39, 0.29) is 29.8 Å². The summed E-state index contributed by atoms with van der Waals surface area (Å²) in [4.78, 5) is 40.2. The highest BCUT2D eigenvalue weighted by Gasteiger charge is 2.24. The first-order valence-corrected chi connectivity index (χ1v) is 9.11. The largest absolute Gasteiger partial charge is 0.469 e. The Hall–Kier alpha value is -3.16. The summed E-state index contributed by atoms with van der Waals surface area (Å²) in [5.74, 6) is -1.04. The first kappa shape index (κ1) is 19.6. The van der Waals surface area contributed by atoms with E-state index in [0.717, 1.165) is 0 Å². The summed E-state index contributed by atoms with van der Waals surface area (Å²) < 4.78 is 18.9. The van der Waals surface area contributed by atoms with Crippen LogP contribution in [0.25, 0.3) is 0 Å². The first-order chi connectivity index (χ1) is 13.5. The number of amides is 3. The van der Waals surface area contributed by atoms with E-state index in [1.165, 1.54) is 24.5 Å². The summed E-state index contributed by atoms with van der Waals surface area (Å²) in [6.45, 7) is 3.10. The van der Waals surface area contributed by atoms with Gasteiger partial charge in [0.15, 0.2) is 0 Å². The van der Waals surface area contributed by atoms with Crippen LogP contribution in [0.5, 0.6) is 0 Å². The van der Waals surface area contributed by atoms with Crippen molar-refractivity contribution in [2.45, 2.75) is 13.3 Å². The van der Waals surface area contributed by atoms with Crippen molar-refractivity contribution in [3.05, 3.63) is 59.3 Å². The van der Waals surface area contributed by atoms with Crippen LogP contribution in [0.15, 0.2) is 41.0 Å². The van der Waals surface area contributed by atoms with Gasteiger partial charge in [-0.25, -0.2) is 4.39 Å². The highest BCUT2D eigenvalue weighted by atomic mass is 19.1. The molecule has 1 aromatic carbocycles. The van der Waals surface area contributed by atoms with Gasteiger partial charge in [0, 0.05) is 26.2 Å². The van der Waals surface area contributed by atoms with Crippen LogP contribution in [0.1, 0.15) is 32.9 Å². The van der Waals surface area contributed by atoms with Crippen LogP contribution >= 0.6 is 0 Å². The molecule has 0 atom stereocenters. The predicted octanol–water partition coefficient (Wildman–Crippen LogP) is 1.83. The smallest absolute Gasteiger partial charge is 0.256 e. The van der Waals surface area contributed by atoms with Crippen LogP contribution in [0.2, 0.25) is 0 Å². The topological polar surface area (TPSA) is 82.9 Å². The summed E-state index contributed by atoms with van der Waals surface area (Å²) in [6, 6.07) is 7.42. The fourth-order valence-corrected chi connectivity index (χ4v) is 3.16. The lowest BCUT2D eigenvalue weighted by molar-refractivity contribution is -0.129. The second-order valence-electron chi connectivity index (χ2n) is 6.58. The molecule has 1 aromatic heterocycles. The Labute approximate surface area is 162 Å². The minimum absolute atomic E-state index is 0.0324. The van der Waals surface area contributed by atoms with E-state index in [9.17, 15) is 18.8 Å². The monoisotopic (exact) mass is 387 g/mol. The Bertz CT molecular complexity index is 880. The van der Waals surface area contributed by atoms with Crippen molar-refractivity contribution in [2.24, 2.45) is 0 Å². The van der Waals surface area contributed by atoms with E-state index in [4.69, 9.17) is 4.42 Å². The van der Waals surface area contributed by atoms with Crippen molar-refractivity contribution in [2.75, 3.05) is 32.7 Å². The third-order valence-electron chi connectivity index (χ3n) is 4.74. The molecule has 0 bridgehead atoms. The lowest BCUT2D eigenvalue weighted by Gasteiger charge is -2.22. The molecule has 1 N–H and O–H groups in total. The zero-order valence-electron chi connectivity index (χ0n) is 15.6. The van der Waals surface area contributed by atoms with Gasteiger partial charge in [0.25, 0.3) is 11.8 Å². The molecule has 3 amide bonds. The Kier molecular flexibility index (Phi) is 6.08. The normalized spacial score (nSPS) is 14.5. The fraction of sp³-hybridized carbons (Fsp3) is 0.350. The molecule has 1 fully saturated rings. The van der Waals surface area contributed by atoms with Crippen molar-refractivity contribution < 1.29 is 23.2 Å². The van der Waals surface area contributed by atoms with Gasteiger partial charge >= 0.3 is 0 Å². The van der Waals surface area contributed by atoms with Crippen LogP contribution in [0, 0.1) is 12.7 Å². The van der Waals surface area contributed by atoms with Gasteiger partial charge in [-0.15, -0.1) is 0 Å². The lowest BCUT2D eigenvalue weighted by Crippen LogP contribution is -2.42. The maximum Gasteiger partial charge on any atom is 0.256 e. The molecule has 8 heteroatoms. The molecule has 1 aliphatic heterocycles. The zero-order valence-corrected chi connectivity index (χ0v) is 15.6. The molecule has 0 spiro atoms. The molecule has 28 heavy (non-hydrogen) atoms. The highest BCUT2D eigenvalue weighted by molar-refractivity contribution is 5.97. The molecule has 2 aromatic rings. The molecule has 1 saturated heterocycles. The molecule has 7 nitrogen and oxygen atoms in total. The number of carbonyl (C=O) groups excluding carboxylic acids is 3. The quantitative estimate of drug-likeness (QED) is 0.868. The number of hydrogen-bond acceptors (Lipinski definition) is 4. The number of aryl methyl sites for hydroxylation is 1. The molecule has 3 rings (SSSR count). The van der Waals surface area contributed by atoms with E-state index < -0.39 is 5.82 Å². The number of carbonyl (C=O) groups is 3. The average molecular weight is 387 g/mol. The third kappa shape index (κ3) is 4.39. The van der Waals surface area contributed by atoms with Crippen LogP contribution in [-0.4, -0.2) is 60.2 Å². The van der Waals surface area contributed by atoms with Crippen LogP contribution in [0.4, 0.5) is 4.39 Å². The molecule has 1 aliphatic rings. The number of benzene rings is 1.